The molecule has 0 saturated heterocycles. The Balaban J connectivity index is 2.40. The van der Waals surface area contributed by atoms with Gasteiger partial charge in [0.2, 0.25) is 0 Å². The van der Waals surface area contributed by atoms with E-state index in [9.17, 15) is 4.79 Å². The Hall–Kier alpha value is -0.390. The molecule has 0 aromatic carbocycles. The van der Waals surface area contributed by atoms with Crippen LogP contribution in [0.25, 0.3) is 0 Å². The molecule has 1 heterocycles. The fourth-order valence-electron chi connectivity index (χ4n) is 0.776. The lowest BCUT2D eigenvalue weighted by Crippen LogP contribution is -2.25. The van der Waals surface area contributed by atoms with E-state index in [0.29, 0.717) is 17.4 Å². The highest BCUT2D eigenvalue weighted by molar-refractivity contribution is 9.10. The summed E-state index contributed by atoms with van der Waals surface area (Å²) < 4.78 is 0.799. The van der Waals surface area contributed by atoms with Gasteiger partial charge in [0.1, 0.15) is 4.88 Å². The Labute approximate surface area is 95.5 Å². The van der Waals surface area contributed by atoms with E-state index in [1.54, 1.807) is 0 Å². The SMILES string of the molecule is CC(C)CONC(=O)c1sccc1Br. The van der Waals surface area contributed by atoms with Gasteiger partial charge in [-0.05, 0) is 33.3 Å². The Bertz CT molecular complexity index is 312. The van der Waals surface area contributed by atoms with Crippen LogP contribution in [0.4, 0.5) is 0 Å². The van der Waals surface area contributed by atoms with E-state index in [1.807, 2.05) is 25.3 Å². The number of amides is 1. The molecular weight excluding hydrogens is 266 g/mol. The fraction of sp³-hybridized carbons (Fsp3) is 0.444. The van der Waals surface area contributed by atoms with Gasteiger partial charge >= 0.3 is 0 Å². The number of halogens is 1. The van der Waals surface area contributed by atoms with Crippen molar-refractivity contribution >= 4 is 33.2 Å². The molecule has 1 aromatic heterocycles. The van der Waals surface area contributed by atoms with E-state index in [0.717, 1.165) is 4.47 Å². The van der Waals surface area contributed by atoms with Crippen LogP contribution in [0, 0.1) is 5.92 Å². The van der Waals surface area contributed by atoms with Gasteiger partial charge in [-0.1, -0.05) is 13.8 Å². The molecule has 5 heteroatoms. The lowest BCUT2D eigenvalue weighted by Gasteiger charge is -2.06. The number of hydrogen-bond acceptors (Lipinski definition) is 3. The molecule has 0 aliphatic rings. The van der Waals surface area contributed by atoms with Crippen LogP contribution in [-0.2, 0) is 4.84 Å². The Kier molecular flexibility index (Phi) is 4.57. The highest BCUT2D eigenvalue weighted by atomic mass is 79.9. The number of nitrogens with one attached hydrogen (secondary N) is 1. The molecule has 0 bridgehead atoms. The molecule has 1 N–H and O–H groups in total. The highest BCUT2D eigenvalue weighted by Crippen LogP contribution is 2.22. The van der Waals surface area contributed by atoms with Crippen LogP contribution in [0.2, 0.25) is 0 Å². The zero-order valence-corrected chi connectivity index (χ0v) is 10.4. The van der Waals surface area contributed by atoms with Gasteiger partial charge in [0, 0.05) is 4.47 Å². The van der Waals surface area contributed by atoms with E-state index in [1.165, 1.54) is 11.3 Å². The second-order valence-corrected chi connectivity index (χ2v) is 5.00. The first-order valence-corrected chi connectivity index (χ1v) is 5.93. The Morgan fingerprint density at radius 2 is 2.43 bits per heavy atom. The van der Waals surface area contributed by atoms with Crippen LogP contribution >= 0.6 is 27.3 Å². The predicted molar refractivity (Wildman–Crippen MR) is 60.3 cm³/mol. The minimum atomic E-state index is -0.201. The summed E-state index contributed by atoms with van der Waals surface area (Å²) in [5.74, 6) is 0.203. The maximum Gasteiger partial charge on any atom is 0.286 e. The van der Waals surface area contributed by atoms with Crippen molar-refractivity contribution in [2.45, 2.75) is 13.8 Å². The summed E-state index contributed by atoms with van der Waals surface area (Å²) in [5.41, 5.74) is 2.40. The molecule has 3 nitrogen and oxygen atoms in total. The average Bonchev–Trinajstić information content (AvgIpc) is 2.50. The number of hydrogen-bond donors (Lipinski definition) is 1. The molecule has 78 valence electrons. The molecular formula is C9H12BrNO2S. The van der Waals surface area contributed by atoms with Crippen molar-refractivity contribution < 1.29 is 9.63 Å². The lowest BCUT2D eigenvalue weighted by atomic mass is 10.2. The van der Waals surface area contributed by atoms with Gasteiger partial charge in [0.05, 0.1) is 6.61 Å². The predicted octanol–water partition coefficient (Wildman–Crippen LogP) is 2.83. The molecule has 14 heavy (non-hydrogen) atoms. The molecule has 1 amide bonds. The summed E-state index contributed by atoms with van der Waals surface area (Å²) in [6.07, 6.45) is 0. The normalized spacial score (nSPS) is 10.6. The molecule has 0 radical (unpaired) electrons. The van der Waals surface area contributed by atoms with Crippen molar-refractivity contribution in [3.05, 3.63) is 20.8 Å². The quantitative estimate of drug-likeness (QED) is 0.860. The van der Waals surface area contributed by atoms with Gasteiger partial charge < -0.3 is 0 Å². The van der Waals surface area contributed by atoms with Crippen molar-refractivity contribution in [2.75, 3.05) is 6.61 Å². The minimum Gasteiger partial charge on any atom is -0.273 e. The van der Waals surface area contributed by atoms with E-state index in [2.05, 4.69) is 21.4 Å². The van der Waals surface area contributed by atoms with Crippen LogP contribution in [0.3, 0.4) is 0 Å². The second kappa shape index (κ2) is 5.48. The maximum absolute atomic E-state index is 11.5. The van der Waals surface area contributed by atoms with Gasteiger partial charge in [0.25, 0.3) is 5.91 Å². The number of rotatable bonds is 4. The summed E-state index contributed by atoms with van der Waals surface area (Å²) in [6.45, 7) is 4.56. The molecule has 0 fully saturated rings. The highest BCUT2D eigenvalue weighted by Gasteiger charge is 2.11. The first kappa shape index (κ1) is 11.7. The molecule has 1 rings (SSSR count). The van der Waals surface area contributed by atoms with Gasteiger partial charge in [-0.3, -0.25) is 9.63 Å². The molecule has 0 unspecified atom stereocenters. The average molecular weight is 278 g/mol. The zero-order chi connectivity index (χ0) is 10.6. The first-order chi connectivity index (χ1) is 6.61. The zero-order valence-electron chi connectivity index (χ0n) is 8.04. The van der Waals surface area contributed by atoms with Gasteiger partial charge in [0.15, 0.2) is 0 Å². The minimum absolute atomic E-state index is 0.201. The summed E-state index contributed by atoms with van der Waals surface area (Å²) in [5, 5.41) is 1.85. The number of hydroxylamine groups is 1. The number of carbonyl (C=O) groups is 1. The van der Waals surface area contributed by atoms with Gasteiger partial charge in [-0.2, -0.15) is 0 Å². The van der Waals surface area contributed by atoms with Crippen LogP contribution in [0.15, 0.2) is 15.9 Å². The van der Waals surface area contributed by atoms with Crippen LogP contribution in [-0.4, -0.2) is 12.5 Å². The molecule has 0 aliphatic carbocycles. The Morgan fingerprint density at radius 1 is 1.71 bits per heavy atom. The largest absolute Gasteiger partial charge is 0.286 e. The summed E-state index contributed by atoms with van der Waals surface area (Å²) in [4.78, 5) is 17.1. The van der Waals surface area contributed by atoms with Crippen LogP contribution in [0.1, 0.15) is 23.5 Å². The van der Waals surface area contributed by atoms with Crippen molar-refractivity contribution in [1.82, 2.24) is 5.48 Å². The maximum atomic E-state index is 11.5. The number of thiophene rings is 1. The van der Waals surface area contributed by atoms with Crippen molar-refractivity contribution in [2.24, 2.45) is 5.92 Å². The van der Waals surface area contributed by atoms with Gasteiger partial charge in [-0.15, -0.1) is 11.3 Å². The van der Waals surface area contributed by atoms with Crippen molar-refractivity contribution in [3.8, 4) is 0 Å². The molecule has 0 spiro atoms. The molecule has 0 atom stereocenters. The van der Waals surface area contributed by atoms with Gasteiger partial charge in [-0.25, -0.2) is 5.48 Å². The smallest absolute Gasteiger partial charge is 0.273 e. The standard InChI is InChI=1S/C9H12BrNO2S/c1-6(2)5-13-11-9(12)8-7(10)3-4-14-8/h3-4,6H,5H2,1-2H3,(H,11,12). The van der Waals surface area contributed by atoms with E-state index < -0.39 is 0 Å². The summed E-state index contributed by atoms with van der Waals surface area (Å²) in [7, 11) is 0. The molecule has 0 aliphatic heterocycles. The van der Waals surface area contributed by atoms with Crippen LogP contribution in [0.5, 0.6) is 0 Å². The van der Waals surface area contributed by atoms with Crippen LogP contribution < -0.4 is 5.48 Å². The van der Waals surface area contributed by atoms with Crippen molar-refractivity contribution in [1.29, 1.82) is 0 Å². The fourth-order valence-corrected chi connectivity index (χ4v) is 2.21. The third kappa shape index (κ3) is 3.40. The third-order valence-electron chi connectivity index (χ3n) is 1.40. The van der Waals surface area contributed by atoms with E-state index >= 15 is 0 Å². The second-order valence-electron chi connectivity index (χ2n) is 3.23. The lowest BCUT2D eigenvalue weighted by molar-refractivity contribution is 0.0211. The van der Waals surface area contributed by atoms with Crippen molar-refractivity contribution in [3.63, 3.8) is 0 Å². The number of carbonyl (C=O) groups excluding carboxylic acids is 1. The van der Waals surface area contributed by atoms with E-state index in [4.69, 9.17) is 4.84 Å². The first-order valence-electron chi connectivity index (χ1n) is 4.26. The molecule has 1 aromatic rings. The van der Waals surface area contributed by atoms with E-state index in [-0.39, 0.29) is 5.91 Å². The summed E-state index contributed by atoms with van der Waals surface area (Å²) in [6, 6.07) is 1.84. The summed E-state index contributed by atoms with van der Waals surface area (Å²) >= 11 is 4.66. The Morgan fingerprint density at radius 3 is 2.93 bits per heavy atom. The molecule has 0 saturated carbocycles. The monoisotopic (exact) mass is 277 g/mol. The third-order valence-corrected chi connectivity index (χ3v) is 3.24. The topological polar surface area (TPSA) is 38.3 Å².